The first kappa shape index (κ1) is 30.3. The fraction of sp³-hybridized carbons (Fsp3) is 0.278. The molecule has 3 aromatic carbocycles. The van der Waals surface area contributed by atoms with Gasteiger partial charge in [0.15, 0.2) is 6.29 Å². The molecule has 1 saturated heterocycles. The average Bonchev–Trinajstić information content (AvgIpc) is 3.05. The maximum atomic E-state index is 12.6. The summed E-state index contributed by atoms with van der Waals surface area (Å²) >= 11 is 0. The highest BCUT2D eigenvalue weighted by molar-refractivity contribution is 5.93. The molecule has 2 N–H and O–H groups in total. The van der Waals surface area contributed by atoms with Crippen LogP contribution in [0.4, 0.5) is 0 Å². The fourth-order valence-electron chi connectivity index (χ4n) is 5.48. The Morgan fingerprint density at radius 2 is 1.74 bits per heavy atom. The van der Waals surface area contributed by atoms with Crippen LogP contribution in [0.1, 0.15) is 51.9 Å². The van der Waals surface area contributed by atoms with Gasteiger partial charge < -0.3 is 24.8 Å². The molecular weight excluding hydrogens is 538 g/mol. The Labute approximate surface area is 253 Å². The van der Waals surface area contributed by atoms with Crippen LogP contribution < -0.4 is 5.32 Å². The number of nitrogens with zero attached hydrogens (tertiary/aromatic N) is 2. The number of likely N-dealkylation sites (N-methyl/N-ethyl adjacent to an activating group) is 1. The van der Waals surface area contributed by atoms with Crippen LogP contribution in [0.3, 0.4) is 0 Å². The lowest BCUT2D eigenvalue weighted by Crippen LogP contribution is -2.43. The van der Waals surface area contributed by atoms with E-state index in [1.807, 2.05) is 48.5 Å². The van der Waals surface area contributed by atoms with Crippen LogP contribution in [0, 0.1) is 5.92 Å². The zero-order chi connectivity index (χ0) is 30.2. The summed E-state index contributed by atoms with van der Waals surface area (Å²) in [5.41, 5.74) is 6.50. The molecule has 0 unspecified atom stereocenters. The van der Waals surface area contributed by atoms with Crippen molar-refractivity contribution in [3.63, 3.8) is 0 Å². The van der Waals surface area contributed by atoms with E-state index in [2.05, 4.69) is 66.1 Å². The van der Waals surface area contributed by atoms with Gasteiger partial charge in [-0.15, -0.1) is 6.58 Å². The second-order valence-corrected chi connectivity index (χ2v) is 11.0. The predicted octanol–water partition coefficient (Wildman–Crippen LogP) is 6.08. The number of aliphatic hydroxyl groups excluding tert-OH is 1. The molecule has 0 bridgehead atoms. The summed E-state index contributed by atoms with van der Waals surface area (Å²) < 4.78 is 13.2. The van der Waals surface area contributed by atoms with Crippen LogP contribution in [0.15, 0.2) is 110 Å². The van der Waals surface area contributed by atoms with Gasteiger partial charge in [-0.3, -0.25) is 9.78 Å². The Hall–Kier alpha value is -4.14. The van der Waals surface area contributed by atoms with E-state index in [4.69, 9.17) is 9.47 Å². The van der Waals surface area contributed by atoms with Crippen molar-refractivity contribution >= 4 is 5.91 Å². The van der Waals surface area contributed by atoms with Crippen molar-refractivity contribution in [2.45, 2.75) is 38.6 Å². The first-order chi connectivity index (χ1) is 21.0. The highest BCUT2D eigenvalue weighted by atomic mass is 16.7. The monoisotopic (exact) mass is 577 g/mol. The summed E-state index contributed by atoms with van der Waals surface area (Å²) in [5.74, 6) is -0.0514. The number of benzene rings is 3. The number of carbonyl (C=O) groups excluding carboxylic acids is 1. The quantitative estimate of drug-likeness (QED) is 0.210. The molecule has 0 radical (unpaired) electrons. The van der Waals surface area contributed by atoms with E-state index in [9.17, 15) is 9.90 Å². The molecule has 1 aliphatic rings. The lowest BCUT2D eigenvalue weighted by molar-refractivity contribution is -0.275. The van der Waals surface area contributed by atoms with Gasteiger partial charge in [0, 0.05) is 43.5 Å². The number of nitrogens with one attached hydrogen (secondary N) is 1. The normalized spacial score (nSPS) is 20.1. The molecule has 0 spiro atoms. The second-order valence-electron chi connectivity index (χ2n) is 11.0. The van der Waals surface area contributed by atoms with Crippen molar-refractivity contribution in [1.29, 1.82) is 0 Å². The maximum absolute atomic E-state index is 12.6. The minimum atomic E-state index is -0.538. The molecule has 5 rings (SSSR count). The number of aromatic nitrogens is 1. The summed E-state index contributed by atoms with van der Waals surface area (Å²) in [6.45, 7) is 7.96. The Kier molecular flexibility index (Phi) is 10.1. The Morgan fingerprint density at radius 3 is 2.44 bits per heavy atom. The Balaban J connectivity index is 1.35. The number of rotatable bonds is 11. The number of amides is 1. The molecule has 0 saturated carbocycles. The smallest absolute Gasteiger partial charge is 0.253 e. The molecule has 2 heterocycles. The maximum Gasteiger partial charge on any atom is 0.253 e. The molecule has 1 aliphatic heterocycles. The van der Waals surface area contributed by atoms with Crippen LogP contribution in [-0.2, 0) is 22.6 Å². The topological polar surface area (TPSA) is 83.9 Å². The molecule has 4 aromatic rings. The third-order valence-electron chi connectivity index (χ3n) is 7.93. The van der Waals surface area contributed by atoms with E-state index in [-0.39, 0.29) is 30.6 Å². The highest BCUT2D eigenvalue weighted by Gasteiger charge is 2.38. The average molecular weight is 578 g/mol. The van der Waals surface area contributed by atoms with E-state index in [0.29, 0.717) is 12.1 Å². The van der Waals surface area contributed by atoms with Gasteiger partial charge in [0.2, 0.25) is 0 Å². The molecule has 0 aliphatic carbocycles. The van der Waals surface area contributed by atoms with Crippen molar-refractivity contribution in [3.8, 4) is 11.1 Å². The SMILES string of the molecule is C=CCN(C)C[C@@H]1O[C@H](c2ccc(-c3ccccc3CNC(=O)c3cccnc3)cc2)O[C@H](c2ccc(CO)cc2)[C@@H]1C. The minimum absolute atomic E-state index is 0.00835. The number of pyridine rings is 1. The van der Waals surface area contributed by atoms with Crippen molar-refractivity contribution < 1.29 is 19.4 Å². The van der Waals surface area contributed by atoms with Crippen LogP contribution in [0.25, 0.3) is 11.1 Å². The van der Waals surface area contributed by atoms with E-state index < -0.39 is 6.29 Å². The third-order valence-corrected chi connectivity index (χ3v) is 7.93. The summed E-state index contributed by atoms with van der Waals surface area (Å²) in [7, 11) is 2.07. The molecule has 1 aromatic heterocycles. The zero-order valence-corrected chi connectivity index (χ0v) is 24.7. The van der Waals surface area contributed by atoms with Crippen LogP contribution in [0.5, 0.6) is 0 Å². The van der Waals surface area contributed by atoms with Gasteiger partial charge in [-0.05, 0) is 47.0 Å². The van der Waals surface area contributed by atoms with E-state index in [0.717, 1.165) is 46.5 Å². The molecule has 1 amide bonds. The largest absolute Gasteiger partial charge is 0.392 e. The lowest BCUT2D eigenvalue weighted by atomic mass is 9.90. The Bertz CT molecular complexity index is 1490. The molecule has 7 nitrogen and oxygen atoms in total. The van der Waals surface area contributed by atoms with Gasteiger partial charge in [0.25, 0.3) is 5.91 Å². The van der Waals surface area contributed by atoms with Gasteiger partial charge in [-0.2, -0.15) is 0 Å². The van der Waals surface area contributed by atoms with Crippen LogP contribution in [0.2, 0.25) is 0 Å². The number of carbonyl (C=O) groups is 1. The molecule has 222 valence electrons. The van der Waals surface area contributed by atoms with Crippen molar-refractivity contribution in [2.24, 2.45) is 5.92 Å². The molecule has 4 atom stereocenters. The standard InChI is InChI=1S/C36H39N3O4/c1-4-20-39(3)23-33-25(2)34(28-13-11-26(24-40)12-14-28)43-36(42-33)29-17-15-27(16-18-29)32-10-6-5-8-30(32)22-38-35(41)31-9-7-19-37-21-31/h4-19,21,25,33-34,36,40H,1,20,22-24H2,2-3H3,(H,38,41)/t25-,33+,34+,36+/m1/s1. The summed E-state index contributed by atoms with van der Waals surface area (Å²) in [4.78, 5) is 18.8. The molecular formula is C36H39N3O4. The van der Waals surface area contributed by atoms with Crippen molar-refractivity contribution in [2.75, 3.05) is 20.1 Å². The van der Waals surface area contributed by atoms with Crippen molar-refractivity contribution in [3.05, 3.63) is 138 Å². The second kappa shape index (κ2) is 14.4. The Morgan fingerprint density at radius 1 is 1.00 bits per heavy atom. The van der Waals surface area contributed by atoms with Crippen LogP contribution in [-0.4, -0.2) is 47.1 Å². The highest BCUT2D eigenvalue weighted by Crippen LogP contribution is 2.42. The van der Waals surface area contributed by atoms with Crippen LogP contribution >= 0.6 is 0 Å². The van der Waals surface area contributed by atoms with E-state index in [1.165, 1.54) is 0 Å². The van der Waals surface area contributed by atoms with Gasteiger partial charge in [0.05, 0.1) is 24.4 Å². The van der Waals surface area contributed by atoms with Gasteiger partial charge in [-0.1, -0.05) is 85.8 Å². The number of hydrogen-bond acceptors (Lipinski definition) is 6. The zero-order valence-electron chi connectivity index (χ0n) is 24.7. The first-order valence-electron chi connectivity index (χ1n) is 14.6. The summed E-state index contributed by atoms with van der Waals surface area (Å²) in [6.07, 6.45) is 4.34. The number of hydrogen-bond donors (Lipinski definition) is 2. The fourth-order valence-corrected chi connectivity index (χ4v) is 5.48. The third kappa shape index (κ3) is 7.45. The minimum Gasteiger partial charge on any atom is -0.392 e. The predicted molar refractivity (Wildman–Crippen MR) is 168 cm³/mol. The molecule has 7 heteroatoms. The summed E-state index contributed by atoms with van der Waals surface area (Å²) in [5, 5.41) is 12.5. The number of ether oxygens (including phenoxy) is 2. The summed E-state index contributed by atoms with van der Waals surface area (Å²) in [6, 6.07) is 27.8. The van der Waals surface area contributed by atoms with Gasteiger partial charge >= 0.3 is 0 Å². The molecule has 43 heavy (non-hydrogen) atoms. The number of aliphatic hydroxyl groups is 1. The van der Waals surface area contributed by atoms with E-state index in [1.54, 1.807) is 24.5 Å². The van der Waals surface area contributed by atoms with Gasteiger partial charge in [-0.25, -0.2) is 0 Å². The first-order valence-corrected chi connectivity index (χ1v) is 14.6. The van der Waals surface area contributed by atoms with Crippen molar-refractivity contribution in [1.82, 2.24) is 15.2 Å². The lowest BCUT2D eigenvalue weighted by Gasteiger charge is -2.42. The molecule has 1 fully saturated rings. The van der Waals surface area contributed by atoms with Gasteiger partial charge in [0.1, 0.15) is 0 Å². The van der Waals surface area contributed by atoms with E-state index >= 15 is 0 Å².